The molecule has 0 fully saturated rings. The Morgan fingerprint density at radius 1 is 1.21 bits per heavy atom. The van der Waals surface area contributed by atoms with E-state index in [0.717, 1.165) is 17.7 Å². The predicted molar refractivity (Wildman–Crippen MR) is 111 cm³/mol. The molecule has 0 bridgehead atoms. The molecule has 1 aliphatic carbocycles. The molecule has 0 atom stereocenters. The third kappa shape index (κ3) is 4.37. The molecule has 0 spiro atoms. The number of ether oxygens (including phenoxy) is 1. The molecule has 1 aromatic heterocycles. The quantitative estimate of drug-likeness (QED) is 0.440. The number of carbonyl (C=O) groups excluding carboxylic acids is 2. The summed E-state index contributed by atoms with van der Waals surface area (Å²) in [5, 5.41) is 4.27. The van der Waals surface area contributed by atoms with E-state index in [2.05, 4.69) is 21.4 Å². The van der Waals surface area contributed by atoms with Crippen molar-refractivity contribution in [1.29, 1.82) is 0 Å². The van der Waals surface area contributed by atoms with Gasteiger partial charge >= 0.3 is 5.91 Å². The summed E-state index contributed by atoms with van der Waals surface area (Å²) in [4.78, 5) is 25.0. The summed E-state index contributed by atoms with van der Waals surface area (Å²) in [5.74, 6) is 0.100. The number of fused-ring (bicyclic) bond motifs is 1. The summed E-state index contributed by atoms with van der Waals surface area (Å²) in [5.41, 5.74) is 15.2. The lowest BCUT2D eigenvalue weighted by atomic mass is 9.93. The van der Waals surface area contributed by atoms with Crippen LogP contribution in [0.1, 0.15) is 50.6 Å². The molecular weight excluding hydrogens is 394 g/mol. The summed E-state index contributed by atoms with van der Waals surface area (Å²) >= 11 is 4.78. The number of hydrogen-bond acceptors (Lipinski definition) is 6. The van der Waals surface area contributed by atoms with E-state index in [1.807, 2.05) is 0 Å². The summed E-state index contributed by atoms with van der Waals surface area (Å²) in [6.45, 7) is 1.76. The average Bonchev–Trinajstić information content (AvgIpc) is 3.07. The van der Waals surface area contributed by atoms with Crippen molar-refractivity contribution in [2.24, 2.45) is 10.8 Å². The SMILES string of the molecule is COc1ccccc1C(=O)NNC(=O)c1oc2c(c1C)/C(=N/NC(N)=S)CCC2. The molecule has 29 heavy (non-hydrogen) atoms. The van der Waals surface area contributed by atoms with Crippen LogP contribution in [0.4, 0.5) is 0 Å². The van der Waals surface area contributed by atoms with Crippen LogP contribution in [0.3, 0.4) is 0 Å². The zero-order chi connectivity index (χ0) is 21.0. The number of nitrogens with one attached hydrogen (secondary N) is 3. The standard InChI is InChI=1S/C19H21N5O4S/c1-10-15-12(21-24-19(20)29)7-5-9-14(15)28-16(10)18(26)23-22-17(25)11-6-3-4-8-13(11)27-2/h3-4,6,8H,5,7,9H2,1-2H3,(H,22,25)(H,23,26)(H3,20,24,29)/b21-12+. The van der Waals surface area contributed by atoms with Crippen LogP contribution in [0.2, 0.25) is 0 Å². The van der Waals surface area contributed by atoms with Crippen molar-refractivity contribution in [1.82, 2.24) is 16.3 Å². The summed E-state index contributed by atoms with van der Waals surface area (Å²) < 4.78 is 10.9. The Kier molecular flexibility index (Phi) is 6.13. The van der Waals surface area contributed by atoms with E-state index < -0.39 is 11.8 Å². The molecule has 0 saturated heterocycles. The minimum atomic E-state index is -0.568. The topological polar surface area (TPSA) is 131 Å². The van der Waals surface area contributed by atoms with E-state index in [9.17, 15) is 9.59 Å². The number of nitrogens with two attached hydrogens (primary N) is 1. The molecule has 10 heteroatoms. The van der Waals surface area contributed by atoms with Gasteiger partial charge in [-0.05, 0) is 44.1 Å². The Labute approximate surface area is 172 Å². The second kappa shape index (κ2) is 8.74. The molecule has 5 N–H and O–H groups in total. The number of hydrogen-bond donors (Lipinski definition) is 4. The number of aryl methyl sites for hydroxylation is 1. The van der Waals surface area contributed by atoms with Gasteiger partial charge in [-0.2, -0.15) is 5.10 Å². The first-order valence-corrected chi connectivity index (χ1v) is 9.31. The van der Waals surface area contributed by atoms with E-state index in [4.69, 9.17) is 27.1 Å². The lowest BCUT2D eigenvalue weighted by molar-refractivity contribution is 0.0827. The van der Waals surface area contributed by atoms with Gasteiger partial charge in [0, 0.05) is 17.5 Å². The van der Waals surface area contributed by atoms with E-state index >= 15 is 0 Å². The van der Waals surface area contributed by atoms with Gasteiger partial charge in [0.1, 0.15) is 11.5 Å². The first kappa shape index (κ1) is 20.3. The summed E-state index contributed by atoms with van der Waals surface area (Å²) in [6.07, 6.45) is 2.21. The number of methoxy groups -OCH3 is 1. The number of carbonyl (C=O) groups is 2. The van der Waals surface area contributed by atoms with Crippen molar-refractivity contribution in [3.05, 3.63) is 52.5 Å². The Bertz CT molecular complexity index is 998. The minimum Gasteiger partial charge on any atom is -0.496 e. The highest BCUT2D eigenvalue weighted by Crippen LogP contribution is 2.29. The van der Waals surface area contributed by atoms with Crippen LogP contribution in [0, 0.1) is 6.92 Å². The van der Waals surface area contributed by atoms with Crippen LogP contribution in [0.5, 0.6) is 5.75 Å². The average molecular weight is 415 g/mol. The predicted octanol–water partition coefficient (Wildman–Crippen LogP) is 1.55. The van der Waals surface area contributed by atoms with Crippen LogP contribution < -0.4 is 26.7 Å². The molecule has 9 nitrogen and oxygen atoms in total. The fourth-order valence-corrected chi connectivity index (χ4v) is 3.23. The molecule has 1 heterocycles. The number of hydrazone groups is 1. The maximum Gasteiger partial charge on any atom is 0.305 e. The second-order valence-electron chi connectivity index (χ2n) is 6.35. The Hall–Kier alpha value is -3.40. The van der Waals surface area contributed by atoms with Gasteiger partial charge in [-0.15, -0.1) is 0 Å². The van der Waals surface area contributed by atoms with Gasteiger partial charge in [-0.25, -0.2) is 0 Å². The van der Waals surface area contributed by atoms with Crippen molar-refractivity contribution < 1.29 is 18.7 Å². The van der Waals surface area contributed by atoms with Gasteiger partial charge in [0.05, 0.1) is 18.4 Å². The highest BCUT2D eigenvalue weighted by molar-refractivity contribution is 7.80. The third-order valence-electron chi connectivity index (χ3n) is 4.47. The number of furan rings is 1. The fourth-order valence-electron chi connectivity index (χ4n) is 3.19. The normalized spacial score (nSPS) is 14.1. The lowest BCUT2D eigenvalue weighted by Crippen LogP contribution is -2.41. The number of nitrogens with zero attached hydrogens (tertiary/aromatic N) is 1. The Morgan fingerprint density at radius 3 is 2.66 bits per heavy atom. The van der Waals surface area contributed by atoms with Gasteiger partial charge in [0.2, 0.25) is 0 Å². The van der Waals surface area contributed by atoms with Crippen molar-refractivity contribution in [2.75, 3.05) is 7.11 Å². The molecule has 2 amide bonds. The van der Waals surface area contributed by atoms with Gasteiger partial charge in [-0.3, -0.25) is 25.9 Å². The van der Waals surface area contributed by atoms with Crippen molar-refractivity contribution in [3.63, 3.8) is 0 Å². The lowest BCUT2D eigenvalue weighted by Gasteiger charge is -2.13. The van der Waals surface area contributed by atoms with Crippen molar-refractivity contribution >= 4 is 34.9 Å². The first-order valence-electron chi connectivity index (χ1n) is 8.90. The third-order valence-corrected chi connectivity index (χ3v) is 4.57. The largest absolute Gasteiger partial charge is 0.496 e. The molecule has 152 valence electrons. The summed E-state index contributed by atoms with van der Waals surface area (Å²) in [7, 11) is 1.47. The number of rotatable bonds is 4. The number of hydrazine groups is 1. The van der Waals surface area contributed by atoms with Crippen molar-refractivity contribution in [2.45, 2.75) is 26.2 Å². The van der Waals surface area contributed by atoms with E-state index in [0.29, 0.717) is 35.5 Å². The molecule has 3 rings (SSSR count). The smallest absolute Gasteiger partial charge is 0.305 e. The van der Waals surface area contributed by atoms with Crippen LogP contribution in [0.25, 0.3) is 0 Å². The van der Waals surface area contributed by atoms with Crippen LogP contribution >= 0.6 is 12.2 Å². The molecule has 0 aliphatic heterocycles. The Morgan fingerprint density at radius 2 is 1.93 bits per heavy atom. The van der Waals surface area contributed by atoms with Gasteiger partial charge in [0.15, 0.2) is 10.9 Å². The van der Waals surface area contributed by atoms with Crippen molar-refractivity contribution in [3.8, 4) is 5.75 Å². The van der Waals surface area contributed by atoms with Crippen LogP contribution in [-0.2, 0) is 6.42 Å². The zero-order valence-corrected chi connectivity index (χ0v) is 16.8. The molecule has 0 saturated carbocycles. The van der Waals surface area contributed by atoms with E-state index in [-0.39, 0.29) is 10.9 Å². The molecule has 2 aromatic rings. The Balaban J connectivity index is 1.76. The maximum absolute atomic E-state index is 12.6. The second-order valence-corrected chi connectivity index (χ2v) is 6.79. The number of thiocarbonyl (C=S) groups is 1. The monoisotopic (exact) mass is 415 g/mol. The molecule has 1 aromatic carbocycles. The fraction of sp³-hybridized carbons (Fsp3) is 0.263. The van der Waals surface area contributed by atoms with Gasteiger partial charge < -0.3 is 14.9 Å². The van der Waals surface area contributed by atoms with E-state index in [1.165, 1.54) is 7.11 Å². The molecule has 0 radical (unpaired) electrons. The van der Waals surface area contributed by atoms with Gasteiger partial charge in [-0.1, -0.05) is 12.1 Å². The van der Waals surface area contributed by atoms with Crippen LogP contribution in [-0.4, -0.2) is 29.7 Å². The molecular formula is C19H21N5O4S. The highest BCUT2D eigenvalue weighted by Gasteiger charge is 2.28. The summed E-state index contributed by atoms with van der Waals surface area (Å²) in [6, 6.07) is 6.69. The number of para-hydroxylation sites is 1. The highest BCUT2D eigenvalue weighted by atomic mass is 32.1. The van der Waals surface area contributed by atoms with Crippen LogP contribution in [0.15, 0.2) is 33.8 Å². The van der Waals surface area contributed by atoms with Gasteiger partial charge in [0.25, 0.3) is 5.91 Å². The zero-order valence-electron chi connectivity index (χ0n) is 16.0. The molecule has 1 aliphatic rings. The minimum absolute atomic E-state index is 0.0581. The first-order chi connectivity index (χ1) is 13.9. The van der Waals surface area contributed by atoms with E-state index in [1.54, 1.807) is 31.2 Å². The maximum atomic E-state index is 12.6. The molecule has 0 unspecified atom stereocenters. The number of amides is 2. The number of benzene rings is 1.